The molecule has 0 aromatic heterocycles. The van der Waals surface area contributed by atoms with Crippen LogP contribution >= 0.6 is 0 Å². The summed E-state index contributed by atoms with van der Waals surface area (Å²) in [5.74, 6) is -5.13. The summed E-state index contributed by atoms with van der Waals surface area (Å²) in [7, 11) is 0. The Balaban J connectivity index is 2.13. The molecule has 0 bridgehead atoms. The van der Waals surface area contributed by atoms with Crippen LogP contribution in [0.5, 0.6) is 0 Å². The predicted molar refractivity (Wildman–Crippen MR) is 105 cm³/mol. The number of aliphatic carboxylic acids is 1. The number of amides is 5. The van der Waals surface area contributed by atoms with Crippen molar-refractivity contribution in [1.29, 1.82) is 0 Å². The molecule has 4 unspecified atom stereocenters. The molecule has 0 spiro atoms. The summed E-state index contributed by atoms with van der Waals surface area (Å²) in [6.07, 6.45) is 0.936. The summed E-state index contributed by atoms with van der Waals surface area (Å²) in [6, 6.07) is -4.41. The van der Waals surface area contributed by atoms with E-state index in [0.29, 0.717) is 19.4 Å². The number of carbonyl (C=O) groups is 6. The van der Waals surface area contributed by atoms with Gasteiger partial charge in [-0.15, -0.1) is 0 Å². The highest BCUT2D eigenvalue weighted by atomic mass is 16.4. The SMILES string of the molecule is NC(=O)CC(NC(=O)C1CCCN1)C(=O)NC(CC(N)=O)C(=O)N1CCCC1C(=O)O. The minimum atomic E-state index is -1.44. The van der Waals surface area contributed by atoms with Crippen molar-refractivity contribution in [3.63, 3.8) is 0 Å². The molecule has 0 aliphatic carbocycles. The lowest BCUT2D eigenvalue weighted by atomic mass is 10.1. The summed E-state index contributed by atoms with van der Waals surface area (Å²) in [5, 5.41) is 17.0. The number of nitrogens with two attached hydrogens (primary N) is 2. The second-order valence-corrected chi connectivity index (χ2v) is 7.64. The number of hydrogen-bond acceptors (Lipinski definition) is 7. The van der Waals surface area contributed by atoms with E-state index < -0.39 is 72.5 Å². The number of carboxylic acids is 1. The zero-order chi connectivity index (χ0) is 23.1. The van der Waals surface area contributed by atoms with Gasteiger partial charge < -0.3 is 37.4 Å². The summed E-state index contributed by atoms with van der Waals surface area (Å²) in [6.45, 7) is 0.788. The number of rotatable bonds is 10. The largest absolute Gasteiger partial charge is 0.480 e. The molecule has 0 saturated carbocycles. The third-order valence-corrected chi connectivity index (χ3v) is 5.26. The first-order valence-electron chi connectivity index (χ1n) is 10.0. The standard InChI is InChI=1S/C18H28N6O7/c19-13(25)7-10(22-15(27)9-3-1-5-21-9)16(28)23-11(8-14(20)26)17(29)24-6-2-4-12(24)18(30)31/h9-12,21H,1-8H2,(H2,19,25)(H2,20,26)(H,22,27)(H,23,28)(H,30,31). The van der Waals surface area contributed by atoms with Gasteiger partial charge >= 0.3 is 5.97 Å². The van der Waals surface area contributed by atoms with Gasteiger partial charge in [0.1, 0.15) is 18.1 Å². The van der Waals surface area contributed by atoms with E-state index in [1.165, 1.54) is 0 Å². The van der Waals surface area contributed by atoms with Crippen LogP contribution < -0.4 is 27.4 Å². The van der Waals surface area contributed by atoms with Crippen LogP contribution in [0.25, 0.3) is 0 Å². The van der Waals surface area contributed by atoms with E-state index in [2.05, 4.69) is 16.0 Å². The van der Waals surface area contributed by atoms with Crippen LogP contribution in [-0.2, 0) is 28.8 Å². The molecular weight excluding hydrogens is 412 g/mol. The van der Waals surface area contributed by atoms with Crippen LogP contribution in [0, 0.1) is 0 Å². The first-order chi connectivity index (χ1) is 14.6. The van der Waals surface area contributed by atoms with Gasteiger partial charge in [0.2, 0.25) is 29.5 Å². The minimum Gasteiger partial charge on any atom is -0.480 e. The average Bonchev–Trinajstić information content (AvgIpc) is 3.37. The Bertz CT molecular complexity index is 752. The number of hydrogen-bond donors (Lipinski definition) is 6. The van der Waals surface area contributed by atoms with Crippen molar-refractivity contribution in [3.05, 3.63) is 0 Å². The summed E-state index contributed by atoms with van der Waals surface area (Å²) in [5.41, 5.74) is 10.4. The van der Waals surface area contributed by atoms with E-state index in [0.717, 1.165) is 11.3 Å². The van der Waals surface area contributed by atoms with Gasteiger partial charge in [-0.2, -0.15) is 0 Å². The van der Waals surface area contributed by atoms with Gasteiger partial charge in [-0.3, -0.25) is 24.0 Å². The number of nitrogens with one attached hydrogen (secondary N) is 3. The van der Waals surface area contributed by atoms with E-state index in [1.807, 2.05) is 0 Å². The molecule has 2 heterocycles. The molecule has 13 heteroatoms. The van der Waals surface area contributed by atoms with Crippen molar-refractivity contribution in [2.45, 2.75) is 62.7 Å². The van der Waals surface area contributed by atoms with Crippen molar-refractivity contribution in [2.75, 3.05) is 13.1 Å². The number of likely N-dealkylation sites (tertiary alicyclic amines) is 1. The number of carbonyl (C=O) groups excluding carboxylic acids is 5. The number of nitrogens with zero attached hydrogens (tertiary/aromatic N) is 1. The molecule has 4 atom stereocenters. The lowest BCUT2D eigenvalue weighted by Gasteiger charge is -2.28. The second kappa shape index (κ2) is 10.7. The zero-order valence-corrected chi connectivity index (χ0v) is 17.0. The van der Waals surface area contributed by atoms with Gasteiger partial charge in [0, 0.05) is 6.54 Å². The summed E-state index contributed by atoms with van der Waals surface area (Å²) >= 11 is 0. The van der Waals surface area contributed by atoms with Crippen LogP contribution in [0.4, 0.5) is 0 Å². The first-order valence-corrected chi connectivity index (χ1v) is 10.0. The maximum atomic E-state index is 12.9. The summed E-state index contributed by atoms with van der Waals surface area (Å²) < 4.78 is 0. The maximum Gasteiger partial charge on any atom is 0.326 e. The zero-order valence-electron chi connectivity index (χ0n) is 17.0. The molecule has 2 rings (SSSR count). The number of primary amides is 2. The highest BCUT2D eigenvalue weighted by Gasteiger charge is 2.39. The maximum absolute atomic E-state index is 12.9. The van der Waals surface area contributed by atoms with Crippen LogP contribution in [0.2, 0.25) is 0 Å². The Kier molecular flexibility index (Phi) is 8.30. The van der Waals surface area contributed by atoms with Gasteiger partial charge in [0.05, 0.1) is 18.9 Å². The van der Waals surface area contributed by atoms with Crippen LogP contribution in [0.3, 0.4) is 0 Å². The first kappa shape index (κ1) is 24.1. The molecule has 0 aromatic rings. The third-order valence-electron chi connectivity index (χ3n) is 5.26. The molecule has 31 heavy (non-hydrogen) atoms. The lowest BCUT2D eigenvalue weighted by Crippen LogP contribution is -2.58. The normalized spacial score (nSPS) is 22.4. The molecule has 2 fully saturated rings. The van der Waals surface area contributed by atoms with E-state index in [1.54, 1.807) is 0 Å². The second-order valence-electron chi connectivity index (χ2n) is 7.64. The van der Waals surface area contributed by atoms with Crippen LogP contribution in [0.15, 0.2) is 0 Å². The van der Waals surface area contributed by atoms with Crippen LogP contribution in [0.1, 0.15) is 38.5 Å². The Labute approximate surface area is 178 Å². The monoisotopic (exact) mass is 440 g/mol. The van der Waals surface area contributed by atoms with Crippen molar-refractivity contribution >= 4 is 35.5 Å². The lowest BCUT2D eigenvalue weighted by molar-refractivity contribution is -0.149. The molecule has 0 radical (unpaired) electrons. The van der Waals surface area contributed by atoms with Crippen molar-refractivity contribution in [2.24, 2.45) is 11.5 Å². The highest BCUT2D eigenvalue weighted by Crippen LogP contribution is 2.19. The third kappa shape index (κ3) is 6.64. The molecule has 5 amide bonds. The Morgan fingerprint density at radius 3 is 2.16 bits per heavy atom. The average molecular weight is 440 g/mol. The Morgan fingerprint density at radius 1 is 0.968 bits per heavy atom. The molecule has 172 valence electrons. The van der Waals surface area contributed by atoms with Gasteiger partial charge in [-0.1, -0.05) is 0 Å². The highest BCUT2D eigenvalue weighted by molar-refractivity contribution is 5.97. The smallest absolute Gasteiger partial charge is 0.326 e. The van der Waals surface area contributed by atoms with Crippen molar-refractivity contribution < 1.29 is 33.9 Å². The molecule has 2 saturated heterocycles. The Hall–Kier alpha value is -3.22. The fourth-order valence-corrected chi connectivity index (χ4v) is 3.75. The van der Waals surface area contributed by atoms with Crippen LogP contribution in [-0.4, -0.2) is 82.8 Å². The fraction of sp³-hybridized carbons (Fsp3) is 0.667. The Morgan fingerprint density at radius 2 is 1.61 bits per heavy atom. The molecular formula is C18H28N6O7. The minimum absolute atomic E-state index is 0.149. The summed E-state index contributed by atoms with van der Waals surface area (Å²) in [4.78, 5) is 73.3. The fourth-order valence-electron chi connectivity index (χ4n) is 3.75. The van der Waals surface area contributed by atoms with Gasteiger partial charge in [-0.25, -0.2) is 4.79 Å². The molecule has 8 N–H and O–H groups in total. The molecule has 2 aliphatic heterocycles. The predicted octanol–water partition coefficient (Wildman–Crippen LogP) is -3.47. The molecule has 0 aromatic carbocycles. The van der Waals surface area contributed by atoms with E-state index in [9.17, 15) is 33.9 Å². The van der Waals surface area contributed by atoms with Crippen molar-refractivity contribution in [3.8, 4) is 0 Å². The van der Waals surface area contributed by atoms with Gasteiger partial charge in [-0.05, 0) is 32.2 Å². The topological polar surface area (TPSA) is 214 Å². The quantitative estimate of drug-likeness (QED) is 0.200. The molecule has 13 nitrogen and oxygen atoms in total. The molecule has 2 aliphatic rings. The van der Waals surface area contributed by atoms with E-state index in [4.69, 9.17) is 11.5 Å². The van der Waals surface area contributed by atoms with Gasteiger partial charge in [0.15, 0.2) is 0 Å². The van der Waals surface area contributed by atoms with E-state index >= 15 is 0 Å². The van der Waals surface area contributed by atoms with Crippen molar-refractivity contribution in [1.82, 2.24) is 20.9 Å². The number of carboxylic acid groups (broad SMARTS) is 1. The van der Waals surface area contributed by atoms with Gasteiger partial charge in [0.25, 0.3) is 0 Å². The van der Waals surface area contributed by atoms with E-state index in [-0.39, 0.29) is 13.0 Å².